The summed E-state index contributed by atoms with van der Waals surface area (Å²) in [5.74, 6) is -2.34. The quantitative estimate of drug-likeness (QED) is 0.292. The second-order valence-electron chi connectivity index (χ2n) is 6.41. The topological polar surface area (TPSA) is 114 Å². The molecule has 8 nitrogen and oxygen atoms in total. The molecule has 1 heterocycles. The van der Waals surface area contributed by atoms with Crippen molar-refractivity contribution in [1.29, 1.82) is 0 Å². The molecule has 1 fully saturated rings. The molecule has 3 amide bonds. The lowest BCUT2D eigenvalue weighted by Crippen LogP contribution is -2.51. The molecule has 9 heteroatoms. The van der Waals surface area contributed by atoms with Gasteiger partial charge in [0.15, 0.2) is 11.7 Å². The van der Waals surface area contributed by atoms with Crippen LogP contribution < -0.4 is 16.0 Å². The Morgan fingerprint density at radius 2 is 1.60 bits per heavy atom. The minimum Gasteiger partial charge on any atom is -0.452 e. The summed E-state index contributed by atoms with van der Waals surface area (Å²) in [7, 11) is 0. The molecule has 2 aromatic carbocycles. The zero-order chi connectivity index (χ0) is 21.7. The minimum atomic E-state index is -0.674. The molecule has 0 bridgehead atoms. The number of carbonyl (C=O) groups is 4. The van der Waals surface area contributed by atoms with Crippen LogP contribution in [0.15, 0.2) is 54.1 Å². The van der Waals surface area contributed by atoms with Crippen molar-refractivity contribution >= 4 is 52.8 Å². The third kappa shape index (κ3) is 5.36. The fourth-order valence-corrected chi connectivity index (χ4v) is 2.72. The van der Waals surface area contributed by atoms with Crippen LogP contribution in [0, 0.1) is 6.92 Å². The Labute approximate surface area is 177 Å². The molecular formula is C21H17N3O5S. The Balaban J connectivity index is 1.57. The normalized spacial score (nSPS) is 13.2. The Morgan fingerprint density at radius 1 is 1.00 bits per heavy atom. The molecule has 0 aromatic heterocycles. The second kappa shape index (κ2) is 9.10. The maximum absolute atomic E-state index is 12.1. The number of thiocarbonyl (C=S) groups is 1. The molecule has 30 heavy (non-hydrogen) atoms. The summed E-state index contributed by atoms with van der Waals surface area (Å²) in [6.07, 6.45) is 1.37. The van der Waals surface area contributed by atoms with Gasteiger partial charge in [0, 0.05) is 5.69 Å². The molecule has 0 radical (unpaired) electrons. The van der Waals surface area contributed by atoms with E-state index < -0.39 is 30.3 Å². The van der Waals surface area contributed by atoms with Crippen LogP contribution in [-0.4, -0.2) is 35.4 Å². The molecule has 0 spiro atoms. The zero-order valence-corrected chi connectivity index (χ0v) is 16.7. The van der Waals surface area contributed by atoms with E-state index in [4.69, 9.17) is 17.0 Å². The highest BCUT2D eigenvalue weighted by Gasteiger charge is 2.25. The van der Waals surface area contributed by atoms with E-state index in [1.165, 1.54) is 18.2 Å². The number of nitrogens with one attached hydrogen (secondary N) is 3. The summed E-state index contributed by atoms with van der Waals surface area (Å²) < 4.78 is 5.01. The van der Waals surface area contributed by atoms with Gasteiger partial charge in [-0.15, -0.1) is 0 Å². The third-order valence-corrected chi connectivity index (χ3v) is 4.27. The smallest absolute Gasteiger partial charge is 0.338 e. The van der Waals surface area contributed by atoms with E-state index in [-0.39, 0.29) is 16.2 Å². The highest BCUT2D eigenvalue weighted by atomic mass is 32.1. The highest BCUT2D eigenvalue weighted by Crippen LogP contribution is 2.12. The first kappa shape index (κ1) is 20.9. The number of hydrogen-bond acceptors (Lipinski definition) is 6. The fraction of sp³-hybridized carbons (Fsp3) is 0.0952. The second-order valence-corrected chi connectivity index (χ2v) is 6.82. The Kier molecular flexibility index (Phi) is 6.33. The van der Waals surface area contributed by atoms with Gasteiger partial charge in [0.1, 0.15) is 5.57 Å². The van der Waals surface area contributed by atoms with Gasteiger partial charge >= 0.3 is 5.97 Å². The van der Waals surface area contributed by atoms with Crippen molar-refractivity contribution in [1.82, 2.24) is 10.6 Å². The number of anilines is 1. The van der Waals surface area contributed by atoms with Crippen LogP contribution in [0.4, 0.5) is 5.69 Å². The first-order chi connectivity index (χ1) is 14.3. The number of benzene rings is 2. The van der Waals surface area contributed by atoms with Crippen molar-refractivity contribution < 1.29 is 23.9 Å². The van der Waals surface area contributed by atoms with Gasteiger partial charge < -0.3 is 10.1 Å². The lowest BCUT2D eigenvalue weighted by Gasteiger charge is -2.16. The maximum Gasteiger partial charge on any atom is 0.338 e. The van der Waals surface area contributed by atoms with Gasteiger partial charge in [-0.25, -0.2) is 4.79 Å². The lowest BCUT2D eigenvalue weighted by molar-refractivity contribution is -0.123. The average molecular weight is 423 g/mol. The number of hydrogen-bond donors (Lipinski definition) is 3. The molecule has 2 aromatic rings. The van der Waals surface area contributed by atoms with Crippen LogP contribution in [0.5, 0.6) is 0 Å². The van der Waals surface area contributed by atoms with E-state index in [9.17, 15) is 19.2 Å². The standard InChI is InChI=1S/C21H17N3O5S/c1-12-2-8-15(9-3-12)22-17(25)11-29-20(28)14-6-4-13(5-7-14)10-16-18(26)23-21(30)24-19(16)27/h2-10H,11H2,1H3,(H,22,25)(H2,23,24,26,27,30). The van der Waals surface area contributed by atoms with Crippen molar-refractivity contribution in [2.24, 2.45) is 0 Å². The number of ether oxygens (including phenoxy) is 1. The van der Waals surface area contributed by atoms with Gasteiger partial charge in [-0.2, -0.15) is 0 Å². The molecule has 3 N–H and O–H groups in total. The molecule has 1 aliphatic rings. The molecule has 0 atom stereocenters. The van der Waals surface area contributed by atoms with Gasteiger partial charge in [0.05, 0.1) is 5.56 Å². The van der Waals surface area contributed by atoms with E-state index in [0.717, 1.165) is 5.56 Å². The van der Waals surface area contributed by atoms with Crippen LogP contribution in [0.3, 0.4) is 0 Å². The molecule has 0 saturated carbocycles. The van der Waals surface area contributed by atoms with E-state index in [1.54, 1.807) is 24.3 Å². The van der Waals surface area contributed by atoms with Crippen molar-refractivity contribution in [3.8, 4) is 0 Å². The minimum absolute atomic E-state index is 0.0494. The summed E-state index contributed by atoms with van der Waals surface area (Å²) in [4.78, 5) is 47.7. The van der Waals surface area contributed by atoms with Crippen LogP contribution in [0.2, 0.25) is 0 Å². The lowest BCUT2D eigenvalue weighted by atomic mass is 10.1. The Hall–Kier alpha value is -3.85. The monoisotopic (exact) mass is 423 g/mol. The molecule has 1 aliphatic heterocycles. The van der Waals surface area contributed by atoms with E-state index >= 15 is 0 Å². The van der Waals surface area contributed by atoms with Gasteiger partial charge in [-0.3, -0.25) is 25.0 Å². The number of rotatable bonds is 5. The summed E-state index contributed by atoms with van der Waals surface area (Å²) in [5, 5.41) is 7.26. The van der Waals surface area contributed by atoms with Crippen molar-refractivity contribution in [3.63, 3.8) is 0 Å². The maximum atomic E-state index is 12.1. The van der Waals surface area contributed by atoms with Crippen LogP contribution in [-0.2, 0) is 19.1 Å². The molecule has 1 saturated heterocycles. The Morgan fingerprint density at radius 3 is 2.20 bits per heavy atom. The Bertz CT molecular complexity index is 1040. The number of amides is 3. The van der Waals surface area contributed by atoms with E-state index in [1.807, 2.05) is 19.1 Å². The number of esters is 1. The van der Waals surface area contributed by atoms with Crippen molar-refractivity contribution in [2.45, 2.75) is 6.92 Å². The molecule has 3 rings (SSSR count). The largest absolute Gasteiger partial charge is 0.452 e. The van der Waals surface area contributed by atoms with Crippen LogP contribution in [0.1, 0.15) is 21.5 Å². The van der Waals surface area contributed by atoms with Gasteiger partial charge in [0.25, 0.3) is 17.7 Å². The molecular weight excluding hydrogens is 406 g/mol. The van der Waals surface area contributed by atoms with E-state index in [2.05, 4.69) is 16.0 Å². The van der Waals surface area contributed by atoms with Gasteiger partial charge in [-0.1, -0.05) is 29.8 Å². The summed E-state index contributed by atoms with van der Waals surface area (Å²) in [6, 6.07) is 13.2. The molecule has 152 valence electrons. The summed E-state index contributed by atoms with van der Waals surface area (Å²) >= 11 is 4.74. The predicted molar refractivity (Wildman–Crippen MR) is 113 cm³/mol. The fourth-order valence-electron chi connectivity index (χ4n) is 2.54. The zero-order valence-electron chi connectivity index (χ0n) is 15.9. The van der Waals surface area contributed by atoms with Gasteiger partial charge in [-0.05, 0) is 55.0 Å². The molecule has 0 aliphatic carbocycles. The number of carbonyl (C=O) groups excluding carboxylic acids is 4. The SMILES string of the molecule is Cc1ccc(NC(=O)COC(=O)c2ccc(C=C3C(=O)NC(=S)NC3=O)cc2)cc1. The van der Waals surface area contributed by atoms with Gasteiger partial charge in [0.2, 0.25) is 0 Å². The average Bonchev–Trinajstić information content (AvgIpc) is 2.71. The van der Waals surface area contributed by atoms with Crippen molar-refractivity contribution in [3.05, 3.63) is 70.8 Å². The summed E-state index contributed by atoms with van der Waals surface area (Å²) in [5.41, 5.74) is 2.31. The van der Waals surface area contributed by atoms with Crippen molar-refractivity contribution in [2.75, 3.05) is 11.9 Å². The van der Waals surface area contributed by atoms with Crippen LogP contribution in [0.25, 0.3) is 6.08 Å². The predicted octanol–water partition coefficient (Wildman–Crippen LogP) is 1.70. The van der Waals surface area contributed by atoms with E-state index in [0.29, 0.717) is 11.3 Å². The summed E-state index contributed by atoms with van der Waals surface area (Å²) in [6.45, 7) is 1.50. The first-order valence-electron chi connectivity index (χ1n) is 8.84. The first-order valence-corrected chi connectivity index (χ1v) is 9.25. The van der Waals surface area contributed by atoms with Crippen LogP contribution >= 0.6 is 12.2 Å². The number of aryl methyl sites for hydroxylation is 1. The third-order valence-electron chi connectivity index (χ3n) is 4.07. The highest BCUT2D eigenvalue weighted by molar-refractivity contribution is 7.80. The molecule has 0 unspecified atom stereocenters.